The lowest BCUT2D eigenvalue weighted by Gasteiger charge is -2.23. The summed E-state index contributed by atoms with van der Waals surface area (Å²) in [6.45, 7) is 1.87. The lowest BCUT2D eigenvalue weighted by Crippen LogP contribution is -2.32. The number of hydrogen-bond donors (Lipinski definition) is 1. The van der Waals surface area contributed by atoms with Crippen molar-refractivity contribution >= 4 is 5.78 Å². The third-order valence-corrected chi connectivity index (χ3v) is 3.68. The van der Waals surface area contributed by atoms with E-state index in [-0.39, 0.29) is 6.61 Å². The molecule has 0 amide bonds. The van der Waals surface area contributed by atoms with Gasteiger partial charge in [0.2, 0.25) is 0 Å². The van der Waals surface area contributed by atoms with Crippen molar-refractivity contribution in [2.24, 2.45) is 5.92 Å². The van der Waals surface area contributed by atoms with Gasteiger partial charge >= 0.3 is 0 Å². The molecule has 3 nitrogen and oxygen atoms in total. The normalized spacial score (nSPS) is 17.6. The predicted octanol–water partition coefficient (Wildman–Crippen LogP) is 2.23. The molecule has 0 unspecified atom stereocenters. The summed E-state index contributed by atoms with van der Waals surface area (Å²) in [4.78, 5) is 14.1. The van der Waals surface area contributed by atoms with Gasteiger partial charge in [-0.05, 0) is 45.7 Å². The first-order chi connectivity index (χ1) is 8.24. The molecule has 1 N–H and O–H groups in total. The van der Waals surface area contributed by atoms with Crippen LogP contribution in [0, 0.1) is 5.92 Å². The molecule has 0 spiro atoms. The second-order valence-electron chi connectivity index (χ2n) is 5.32. The number of carbonyl (C=O) groups excluding carboxylic acids is 1. The molecule has 0 aromatic rings. The highest BCUT2D eigenvalue weighted by Crippen LogP contribution is 2.24. The largest absolute Gasteiger partial charge is 0.396 e. The fourth-order valence-corrected chi connectivity index (χ4v) is 2.57. The minimum Gasteiger partial charge on any atom is -0.396 e. The number of Topliss-reactive ketones (excluding diaryl/α,β-unsaturated/α-hetero) is 1. The van der Waals surface area contributed by atoms with Crippen LogP contribution in [0.25, 0.3) is 0 Å². The summed E-state index contributed by atoms with van der Waals surface area (Å²) in [5.41, 5.74) is 0. The Balaban J connectivity index is 2.11. The summed E-state index contributed by atoms with van der Waals surface area (Å²) in [5.74, 6) is 0.776. The first-order valence-electron chi connectivity index (χ1n) is 7.06. The van der Waals surface area contributed by atoms with Crippen molar-refractivity contribution in [3.05, 3.63) is 0 Å². The highest BCUT2D eigenvalue weighted by Gasteiger charge is 2.21. The highest BCUT2D eigenvalue weighted by atomic mass is 16.2. The van der Waals surface area contributed by atoms with Gasteiger partial charge < -0.3 is 5.11 Å². The van der Waals surface area contributed by atoms with Crippen molar-refractivity contribution in [2.75, 3.05) is 26.7 Å². The number of unbranched alkanes of at least 4 members (excludes halogenated alkanes) is 2. The Labute approximate surface area is 105 Å². The molecule has 17 heavy (non-hydrogen) atoms. The Hall–Kier alpha value is -0.410. The van der Waals surface area contributed by atoms with Crippen molar-refractivity contribution in [2.45, 2.75) is 51.4 Å². The van der Waals surface area contributed by atoms with Crippen LogP contribution in [0.5, 0.6) is 0 Å². The van der Waals surface area contributed by atoms with Gasteiger partial charge in [-0.25, -0.2) is 0 Å². The van der Waals surface area contributed by atoms with Gasteiger partial charge in [-0.2, -0.15) is 0 Å². The molecule has 0 heterocycles. The maximum atomic E-state index is 12.0. The molecule has 1 saturated carbocycles. The molecule has 3 heteroatoms. The van der Waals surface area contributed by atoms with Gasteiger partial charge in [-0.15, -0.1) is 0 Å². The lowest BCUT2D eigenvalue weighted by atomic mass is 9.86. The quantitative estimate of drug-likeness (QED) is 0.663. The van der Waals surface area contributed by atoms with Gasteiger partial charge in [0, 0.05) is 12.5 Å². The fourth-order valence-electron chi connectivity index (χ4n) is 2.57. The van der Waals surface area contributed by atoms with E-state index in [0.29, 0.717) is 18.2 Å². The number of likely N-dealkylation sites (N-methyl/N-ethyl adjacent to an activating group) is 1. The minimum absolute atomic E-state index is 0.282. The molecule has 0 saturated heterocycles. The zero-order valence-electron chi connectivity index (χ0n) is 11.2. The second-order valence-corrected chi connectivity index (χ2v) is 5.32. The van der Waals surface area contributed by atoms with Crippen molar-refractivity contribution in [1.29, 1.82) is 0 Å². The second kappa shape index (κ2) is 8.65. The Bertz CT molecular complexity index is 212. The molecule has 1 rings (SSSR count). The van der Waals surface area contributed by atoms with Gasteiger partial charge in [0.05, 0.1) is 6.54 Å². The molecule has 0 aliphatic heterocycles. The minimum atomic E-state index is 0.282. The number of nitrogens with zero attached hydrogens (tertiary/aromatic N) is 1. The van der Waals surface area contributed by atoms with Crippen molar-refractivity contribution in [3.8, 4) is 0 Å². The molecule has 1 fully saturated rings. The van der Waals surface area contributed by atoms with Crippen LogP contribution in [-0.4, -0.2) is 42.5 Å². The molecule has 0 radical (unpaired) electrons. The van der Waals surface area contributed by atoms with E-state index in [4.69, 9.17) is 5.11 Å². The smallest absolute Gasteiger partial charge is 0.149 e. The van der Waals surface area contributed by atoms with Gasteiger partial charge in [0.15, 0.2) is 0 Å². The van der Waals surface area contributed by atoms with Gasteiger partial charge in [-0.3, -0.25) is 9.69 Å². The zero-order chi connectivity index (χ0) is 12.5. The van der Waals surface area contributed by atoms with Crippen molar-refractivity contribution in [1.82, 2.24) is 4.90 Å². The molecular formula is C14H27NO2. The van der Waals surface area contributed by atoms with Crippen LogP contribution in [-0.2, 0) is 4.79 Å². The van der Waals surface area contributed by atoms with Crippen LogP contribution in [0.3, 0.4) is 0 Å². The molecule has 0 bridgehead atoms. The van der Waals surface area contributed by atoms with E-state index in [2.05, 4.69) is 4.90 Å². The van der Waals surface area contributed by atoms with E-state index in [9.17, 15) is 4.79 Å². The van der Waals surface area contributed by atoms with Gasteiger partial charge in [-0.1, -0.05) is 19.3 Å². The van der Waals surface area contributed by atoms with E-state index < -0.39 is 0 Å². The molecule has 0 aromatic heterocycles. The number of hydrogen-bond acceptors (Lipinski definition) is 3. The van der Waals surface area contributed by atoms with Crippen LogP contribution >= 0.6 is 0 Å². The molecule has 0 atom stereocenters. The number of aliphatic hydroxyl groups excluding tert-OH is 1. The molecule has 100 valence electrons. The topological polar surface area (TPSA) is 40.5 Å². The van der Waals surface area contributed by atoms with Crippen LogP contribution in [0.15, 0.2) is 0 Å². The Kier molecular flexibility index (Phi) is 7.45. The lowest BCUT2D eigenvalue weighted by molar-refractivity contribution is -0.124. The van der Waals surface area contributed by atoms with E-state index in [1.54, 1.807) is 0 Å². The third kappa shape index (κ3) is 6.18. The number of rotatable bonds is 8. The monoisotopic (exact) mass is 241 g/mol. The van der Waals surface area contributed by atoms with Crippen molar-refractivity contribution < 1.29 is 9.90 Å². The predicted molar refractivity (Wildman–Crippen MR) is 70.0 cm³/mol. The van der Waals surface area contributed by atoms with E-state index in [0.717, 1.165) is 38.6 Å². The fraction of sp³-hybridized carbons (Fsp3) is 0.929. The average Bonchev–Trinajstić information content (AvgIpc) is 2.36. The SMILES string of the molecule is CN(CCCCCO)CC(=O)C1CCCCC1. The van der Waals surface area contributed by atoms with Gasteiger partial charge in [0.1, 0.15) is 5.78 Å². The number of aliphatic hydroxyl groups is 1. The molecule has 1 aliphatic carbocycles. The summed E-state index contributed by atoms with van der Waals surface area (Å²) in [6.07, 6.45) is 9.00. The van der Waals surface area contributed by atoms with E-state index in [1.165, 1.54) is 19.3 Å². The third-order valence-electron chi connectivity index (χ3n) is 3.68. The van der Waals surface area contributed by atoms with E-state index >= 15 is 0 Å². The van der Waals surface area contributed by atoms with Crippen LogP contribution in [0.1, 0.15) is 51.4 Å². The summed E-state index contributed by atoms with van der Waals surface area (Å²) < 4.78 is 0. The maximum absolute atomic E-state index is 12.0. The highest BCUT2D eigenvalue weighted by molar-refractivity contribution is 5.82. The summed E-state index contributed by atoms with van der Waals surface area (Å²) in [7, 11) is 2.03. The number of carbonyl (C=O) groups is 1. The molecule has 1 aliphatic rings. The molecular weight excluding hydrogens is 214 g/mol. The Morgan fingerprint density at radius 2 is 1.88 bits per heavy atom. The zero-order valence-corrected chi connectivity index (χ0v) is 11.2. The van der Waals surface area contributed by atoms with Gasteiger partial charge in [0.25, 0.3) is 0 Å². The van der Waals surface area contributed by atoms with Crippen LogP contribution in [0.4, 0.5) is 0 Å². The first kappa shape index (κ1) is 14.7. The summed E-state index contributed by atoms with van der Waals surface area (Å²) in [5, 5.41) is 8.68. The average molecular weight is 241 g/mol. The first-order valence-corrected chi connectivity index (χ1v) is 7.06. The van der Waals surface area contributed by atoms with Crippen LogP contribution < -0.4 is 0 Å². The number of ketones is 1. The maximum Gasteiger partial charge on any atom is 0.149 e. The standard InChI is InChI=1S/C14H27NO2/c1-15(10-6-3-7-11-16)12-14(17)13-8-4-2-5-9-13/h13,16H,2-12H2,1H3. The van der Waals surface area contributed by atoms with E-state index in [1.807, 2.05) is 7.05 Å². The summed E-state index contributed by atoms with van der Waals surface area (Å²) >= 11 is 0. The van der Waals surface area contributed by atoms with Crippen molar-refractivity contribution in [3.63, 3.8) is 0 Å². The molecule has 0 aromatic carbocycles. The summed E-state index contributed by atoms with van der Waals surface area (Å²) in [6, 6.07) is 0. The Morgan fingerprint density at radius 3 is 2.53 bits per heavy atom. The Morgan fingerprint density at radius 1 is 1.18 bits per heavy atom. The van der Waals surface area contributed by atoms with Crippen LogP contribution in [0.2, 0.25) is 0 Å².